The van der Waals surface area contributed by atoms with Gasteiger partial charge in [0, 0.05) is 55.4 Å². The zero-order valence-electron chi connectivity index (χ0n) is 56.2. The minimum atomic E-state index is -0.591. The molecule has 5 aromatic heterocycles. The normalized spacial score (nSPS) is 10.2. The van der Waals surface area contributed by atoms with Gasteiger partial charge < -0.3 is 74.4 Å². The first kappa shape index (κ1) is 78.2. The molecule has 0 saturated heterocycles. The predicted octanol–water partition coefficient (Wildman–Crippen LogP) is 10.6. The molecule has 0 aliphatic heterocycles. The van der Waals surface area contributed by atoms with E-state index in [0.29, 0.717) is 65.3 Å². The van der Waals surface area contributed by atoms with Crippen molar-refractivity contribution in [1.82, 2.24) is 25.8 Å². The van der Waals surface area contributed by atoms with Gasteiger partial charge in [-0.2, -0.15) is 0 Å². The Morgan fingerprint density at radius 2 is 0.731 bits per heavy atom. The second kappa shape index (κ2) is 42.1. The summed E-state index contributed by atoms with van der Waals surface area (Å²) < 4.78 is 21.5. The number of benzene rings is 6. The molecule has 0 saturated carbocycles. The zero-order valence-corrected chi connectivity index (χ0v) is 57.0. The summed E-state index contributed by atoms with van der Waals surface area (Å²) in [6, 6.07) is 64.1. The van der Waals surface area contributed by atoms with Crippen molar-refractivity contribution < 1.29 is 67.2 Å². The highest BCUT2D eigenvalue weighted by Crippen LogP contribution is 2.21. The van der Waals surface area contributed by atoms with E-state index in [0.717, 1.165) is 76.1 Å². The van der Waals surface area contributed by atoms with Gasteiger partial charge in [0.25, 0.3) is 5.56 Å². The molecule has 0 unspecified atom stereocenters. The predicted molar refractivity (Wildman–Crippen MR) is 390 cm³/mol. The van der Waals surface area contributed by atoms with Crippen LogP contribution in [0.5, 0.6) is 28.7 Å². The summed E-state index contributed by atoms with van der Waals surface area (Å²) in [4.78, 5) is 104. The minimum Gasteiger partial charge on any atom is -0.504 e. The molecule has 5 heterocycles. The van der Waals surface area contributed by atoms with Crippen molar-refractivity contribution in [3.8, 4) is 39.9 Å². The number of anilines is 1. The number of aryl methyl sites for hydroxylation is 3. The van der Waals surface area contributed by atoms with E-state index < -0.39 is 39.1 Å². The van der Waals surface area contributed by atoms with Gasteiger partial charge in [-0.1, -0.05) is 176 Å². The number of rotatable bonds is 24. The lowest BCUT2D eigenvalue weighted by Crippen LogP contribution is -2.26. The van der Waals surface area contributed by atoms with E-state index in [1.54, 1.807) is 0 Å². The molecular formula is C79H76N6O18S. The molecule has 104 heavy (non-hydrogen) atoms. The maximum Gasteiger partial charge on any atom is 0.293 e. The van der Waals surface area contributed by atoms with Crippen LogP contribution in [0.4, 0.5) is 5.69 Å². The molecule has 6 aromatic carbocycles. The van der Waals surface area contributed by atoms with Crippen molar-refractivity contribution in [3.63, 3.8) is 0 Å². The molecule has 0 bridgehead atoms. The largest absolute Gasteiger partial charge is 0.504 e. The Morgan fingerprint density at radius 3 is 1.15 bits per heavy atom. The van der Waals surface area contributed by atoms with Crippen molar-refractivity contribution in [3.05, 3.63) is 334 Å². The number of carbonyl (C=O) groups is 5. The lowest BCUT2D eigenvalue weighted by atomic mass is 10.1. The van der Waals surface area contributed by atoms with Crippen LogP contribution in [0.2, 0.25) is 0 Å². The highest BCUT2D eigenvalue weighted by atomic mass is 32.1. The van der Waals surface area contributed by atoms with Gasteiger partial charge in [-0.3, -0.25) is 43.2 Å². The molecule has 0 fully saturated rings. The van der Waals surface area contributed by atoms with Crippen LogP contribution in [0.25, 0.3) is 11.1 Å². The molecule has 5 amide bonds. The van der Waals surface area contributed by atoms with Crippen molar-refractivity contribution in [1.29, 1.82) is 0 Å². The molecular weight excluding hydrogens is 1350 g/mol. The Morgan fingerprint density at radius 1 is 0.365 bits per heavy atom. The Bertz CT molecular complexity index is 4750. The van der Waals surface area contributed by atoms with Crippen LogP contribution in [0.3, 0.4) is 0 Å². The van der Waals surface area contributed by atoms with Crippen LogP contribution >= 0.6 is 12.2 Å². The number of pyridine rings is 1. The zero-order chi connectivity index (χ0) is 74.4. The molecule has 0 aliphatic rings. The average molecular weight is 1430 g/mol. The number of nitrogens with zero attached hydrogens (tertiary/aromatic N) is 1. The van der Waals surface area contributed by atoms with E-state index in [-0.39, 0.29) is 80.2 Å². The molecule has 11 rings (SSSR count). The topological polar surface area (TPSA) is 372 Å². The van der Waals surface area contributed by atoms with E-state index in [1.807, 2.05) is 176 Å². The van der Waals surface area contributed by atoms with Crippen molar-refractivity contribution in [2.75, 3.05) is 5.32 Å². The lowest BCUT2D eigenvalue weighted by molar-refractivity contribution is -0.122. The van der Waals surface area contributed by atoms with Crippen LogP contribution in [-0.2, 0) is 82.4 Å². The molecule has 0 spiro atoms. The number of aromatic nitrogens is 1. The highest BCUT2D eigenvalue weighted by molar-refractivity contribution is 7.71. The quantitative estimate of drug-likeness (QED) is 0.0251. The molecule has 0 radical (unpaired) electrons. The molecule has 536 valence electrons. The molecule has 0 atom stereocenters. The summed E-state index contributed by atoms with van der Waals surface area (Å²) in [6.07, 6.45) is 9.97. The highest BCUT2D eigenvalue weighted by Gasteiger charge is 2.12. The Labute approximate surface area is 601 Å². The minimum absolute atomic E-state index is 0.0527. The third kappa shape index (κ3) is 28.6. The number of amides is 5. The maximum absolute atomic E-state index is 12.0. The summed E-state index contributed by atoms with van der Waals surface area (Å²) in [7, 11) is 0. The van der Waals surface area contributed by atoms with Crippen molar-refractivity contribution in [2.24, 2.45) is 0 Å². The Balaban J connectivity index is 0.000000182. The van der Waals surface area contributed by atoms with E-state index in [1.165, 1.54) is 42.3 Å². The third-order valence-corrected chi connectivity index (χ3v) is 15.1. The molecule has 10 N–H and O–H groups in total. The molecule has 25 heteroatoms. The summed E-state index contributed by atoms with van der Waals surface area (Å²) >= 11 is 4.91. The standard InChI is InChI=1S/C19H16N2O3.C16H17NO4.C15H15NO4.C15H15NO3S.C14H13NO4/c22-17-7-4-12-21(19(17)24)13-18(23)20-16-10-8-15(9-11-16)14-5-2-1-3-6-14;18-14-9-13(21-11-15(14)19)10-17-16(20)8-4-7-12-5-2-1-3-6-12;17-13-8-12(20-10-14(13)18)9-16-15(19)7-6-11-4-2-1-3-5-11;17-13-10-19-12(8-14(13)20)9-16-15(18)7-6-11-4-2-1-3-5-11;16-12-7-11(19-9-13(12)17)8-15-14(18)6-10-4-2-1-3-5-10/h1-12,22H,13H2,(H,20,23);1-3,5-6,9,11,19H,4,7-8,10H2,(H,17,20);1-5,8,10,18H,6-7,9H2,(H,16,19);1-5,8,10,17H,6-7,9H2,(H,16,18);1-5,7,9,17H,6,8H2,(H,15,18). The second-order valence-electron chi connectivity index (χ2n) is 22.8. The van der Waals surface area contributed by atoms with Gasteiger partial charge in [-0.05, 0) is 83.3 Å². The van der Waals surface area contributed by atoms with E-state index in [2.05, 4.69) is 26.6 Å². The van der Waals surface area contributed by atoms with Gasteiger partial charge in [0.15, 0.2) is 28.7 Å². The van der Waals surface area contributed by atoms with Crippen molar-refractivity contribution >= 4 is 47.4 Å². The third-order valence-electron chi connectivity index (χ3n) is 14.8. The average Bonchev–Trinajstić information content (AvgIpc) is 0.852. The van der Waals surface area contributed by atoms with Gasteiger partial charge in [0.2, 0.25) is 45.8 Å². The first-order chi connectivity index (χ1) is 50.2. The van der Waals surface area contributed by atoms with Gasteiger partial charge in [-0.25, -0.2) is 0 Å². The van der Waals surface area contributed by atoms with Gasteiger partial charge in [0.1, 0.15) is 54.6 Å². The summed E-state index contributed by atoms with van der Waals surface area (Å²) in [6.45, 7) is 0.481. The fourth-order valence-electron chi connectivity index (χ4n) is 9.28. The van der Waals surface area contributed by atoms with E-state index in [4.69, 9.17) is 45.2 Å². The number of hydrogen-bond donors (Lipinski definition) is 10. The molecule has 11 aromatic rings. The van der Waals surface area contributed by atoms with Gasteiger partial charge in [0.05, 0.1) is 37.1 Å². The van der Waals surface area contributed by atoms with Crippen LogP contribution in [-0.4, -0.2) is 59.6 Å². The summed E-state index contributed by atoms with van der Waals surface area (Å²) in [5.74, 6) is -1.11. The lowest BCUT2D eigenvalue weighted by Gasteiger charge is -2.08. The Kier molecular flexibility index (Phi) is 31.6. The van der Waals surface area contributed by atoms with Crippen LogP contribution < -0.4 is 48.4 Å². The first-order valence-corrected chi connectivity index (χ1v) is 32.9. The van der Waals surface area contributed by atoms with Gasteiger partial charge >= 0.3 is 0 Å². The second-order valence-corrected chi connectivity index (χ2v) is 23.2. The van der Waals surface area contributed by atoms with E-state index in [9.17, 15) is 53.4 Å². The Hall–Kier alpha value is -13.2. The van der Waals surface area contributed by atoms with Crippen LogP contribution in [0.1, 0.15) is 71.0 Å². The molecule has 0 aliphatic carbocycles. The van der Waals surface area contributed by atoms with Crippen LogP contribution in [0, 0.1) is 4.51 Å². The maximum atomic E-state index is 12.0. The number of nitrogens with one attached hydrogen (secondary N) is 5. The van der Waals surface area contributed by atoms with E-state index >= 15 is 0 Å². The first-order valence-electron chi connectivity index (χ1n) is 32.5. The number of carbonyl (C=O) groups excluding carboxylic acids is 5. The van der Waals surface area contributed by atoms with Crippen molar-refractivity contribution in [2.45, 2.75) is 84.1 Å². The number of aromatic hydroxyl groups is 5. The molecule has 24 nitrogen and oxygen atoms in total. The smallest absolute Gasteiger partial charge is 0.293 e. The summed E-state index contributed by atoms with van der Waals surface area (Å²) in [5.41, 5.74) is 4.97. The number of hydrogen-bond acceptors (Lipinski definition) is 19. The van der Waals surface area contributed by atoms with Crippen LogP contribution in [0.15, 0.2) is 280 Å². The fraction of sp³-hybridized carbons (Fsp3) is 0.165. The SMILES string of the molecule is O=C(CCCc1ccccc1)NCc1cc(=O)c(O)co1.O=C(CCc1ccccc1)NCc1cc(=O)c(O)co1.O=C(CCc1ccccc1)NCc1cc(=S)c(O)co1.O=C(Cc1ccccc1)NCc1cc(=O)c(O)co1.O=C(Cn1cccc(O)c1=O)Nc1ccc(-c2ccccc2)cc1. The summed E-state index contributed by atoms with van der Waals surface area (Å²) in [5, 5.41) is 59.2. The monoisotopic (exact) mass is 1430 g/mol. The fourth-order valence-corrected chi connectivity index (χ4v) is 9.46. The van der Waals surface area contributed by atoms with Gasteiger partial charge in [-0.15, -0.1) is 0 Å².